The molecule has 0 aliphatic carbocycles. The number of nitrogen functional groups attached to an aromatic ring is 1. The lowest BCUT2D eigenvalue weighted by Gasteiger charge is -2.06. The summed E-state index contributed by atoms with van der Waals surface area (Å²) in [6.07, 6.45) is -0.435. The van der Waals surface area contributed by atoms with Crippen molar-refractivity contribution in [2.45, 2.75) is 11.6 Å². The van der Waals surface area contributed by atoms with Crippen LogP contribution in [0.2, 0.25) is 0 Å². The van der Waals surface area contributed by atoms with E-state index < -0.39 is 24.3 Å². The summed E-state index contributed by atoms with van der Waals surface area (Å²) in [5.41, 5.74) is 7.28. The molecule has 1 heterocycles. The van der Waals surface area contributed by atoms with Crippen molar-refractivity contribution in [3.63, 3.8) is 0 Å². The molecule has 0 aliphatic heterocycles. The molecule has 1 atom stereocenters. The Labute approximate surface area is 117 Å². The summed E-state index contributed by atoms with van der Waals surface area (Å²) in [4.78, 5) is 25.7. The number of rotatable bonds is 6. The molecule has 4 N–H and O–H groups in total. The van der Waals surface area contributed by atoms with Crippen molar-refractivity contribution in [1.29, 1.82) is 0 Å². The Morgan fingerprint density at radius 3 is 2.80 bits per heavy atom. The van der Waals surface area contributed by atoms with Gasteiger partial charge in [-0.2, -0.15) is 0 Å². The fourth-order valence-electron chi connectivity index (χ4n) is 1.58. The van der Waals surface area contributed by atoms with Crippen LogP contribution in [0.25, 0.3) is 11.1 Å². The zero-order chi connectivity index (χ0) is 14.7. The number of carboxylic acid groups (broad SMARTS) is 2. The van der Waals surface area contributed by atoms with Gasteiger partial charge in [0.15, 0.2) is 5.58 Å². The first-order chi connectivity index (χ1) is 9.45. The highest BCUT2D eigenvalue weighted by molar-refractivity contribution is 7.99. The number of aliphatic carboxylic acids is 2. The Hall–Kier alpha value is -2.22. The molecule has 2 rings (SSSR count). The van der Waals surface area contributed by atoms with Gasteiger partial charge in [0, 0.05) is 17.5 Å². The van der Waals surface area contributed by atoms with Crippen LogP contribution in [0.3, 0.4) is 0 Å². The van der Waals surface area contributed by atoms with Crippen molar-refractivity contribution in [1.82, 2.24) is 4.98 Å². The van der Waals surface area contributed by atoms with Crippen LogP contribution in [0.4, 0.5) is 5.69 Å². The van der Waals surface area contributed by atoms with Crippen molar-refractivity contribution in [3.8, 4) is 0 Å². The van der Waals surface area contributed by atoms with Crippen LogP contribution < -0.4 is 5.73 Å². The van der Waals surface area contributed by atoms with Gasteiger partial charge in [0.1, 0.15) is 5.52 Å². The van der Waals surface area contributed by atoms with Crippen LogP contribution in [0, 0.1) is 5.92 Å². The van der Waals surface area contributed by atoms with Crippen molar-refractivity contribution in [3.05, 3.63) is 18.2 Å². The number of anilines is 1. The summed E-state index contributed by atoms with van der Waals surface area (Å²) >= 11 is 1.07. The van der Waals surface area contributed by atoms with Crippen molar-refractivity contribution in [2.24, 2.45) is 5.92 Å². The third-order valence-electron chi connectivity index (χ3n) is 2.57. The number of aromatic nitrogens is 1. The number of hydrogen-bond donors (Lipinski definition) is 3. The zero-order valence-corrected chi connectivity index (χ0v) is 11.1. The molecule has 106 valence electrons. The first kappa shape index (κ1) is 14.2. The number of thioether (sulfide) groups is 1. The maximum absolute atomic E-state index is 10.9. The summed E-state index contributed by atoms with van der Waals surface area (Å²) in [6.45, 7) is 0. The quantitative estimate of drug-likeness (QED) is 0.542. The second-order valence-electron chi connectivity index (χ2n) is 4.15. The first-order valence-electron chi connectivity index (χ1n) is 5.69. The van der Waals surface area contributed by atoms with Gasteiger partial charge in [0.05, 0.1) is 12.3 Å². The van der Waals surface area contributed by atoms with E-state index in [2.05, 4.69) is 4.98 Å². The lowest BCUT2D eigenvalue weighted by atomic mass is 10.1. The van der Waals surface area contributed by atoms with E-state index in [0.29, 0.717) is 22.0 Å². The number of nitrogens with two attached hydrogens (primary N) is 1. The lowest BCUT2D eigenvalue weighted by molar-refractivity contribution is -0.147. The molecule has 0 saturated carbocycles. The predicted molar refractivity (Wildman–Crippen MR) is 72.5 cm³/mol. The largest absolute Gasteiger partial charge is 0.481 e. The normalized spacial score (nSPS) is 12.4. The van der Waals surface area contributed by atoms with Crippen LogP contribution in [0.5, 0.6) is 0 Å². The number of oxazole rings is 1. The van der Waals surface area contributed by atoms with E-state index in [0.717, 1.165) is 11.8 Å². The van der Waals surface area contributed by atoms with E-state index >= 15 is 0 Å². The van der Waals surface area contributed by atoms with Gasteiger partial charge in [-0.1, -0.05) is 11.8 Å². The summed E-state index contributed by atoms with van der Waals surface area (Å²) < 4.78 is 5.42. The average molecular weight is 296 g/mol. The maximum Gasteiger partial charge on any atom is 0.307 e. The smallest absolute Gasteiger partial charge is 0.307 e. The molecule has 1 aromatic carbocycles. The van der Waals surface area contributed by atoms with Gasteiger partial charge in [-0.3, -0.25) is 9.59 Å². The summed E-state index contributed by atoms with van der Waals surface area (Å²) in [5.74, 6) is -3.22. The van der Waals surface area contributed by atoms with Crippen LogP contribution in [-0.2, 0) is 9.59 Å². The highest BCUT2D eigenvalue weighted by atomic mass is 32.2. The van der Waals surface area contributed by atoms with Crippen LogP contribution in [0.15, 0.2) is 27.8 Å². The molecule has 1 unspecified atom stereocenters. The van der Waals surface area contributed by atoms with Gasteiger partial charge >= 0.3 is 11.9 Å². The van der Waals surface area contributed by atoms with E-state index in [9.17, 15) is 9.59 Å². The third kappa shape index (κ3) is 3.41. The second-order valence-corrected chi connectivity index (χ2v) is 5.12. The monoisotopic (exact) mass is 296 g/mol. The standard InChI is InChI=1S/C12H12N2O5S/c13-7-1-2-8-9(4-7)19-12(14-8)20-5-6(11(17)18)3-10(15)16/h1-2,4,6H,3,5,13H2,(H,15,16)(H,17,18). The van der Waals surface area contributed by atoms with Crippen LogP contribution >= 0.6 is 11.8 Å². The Kier molecular flexibility index (Phi) is 4.14. The van der Waals surface area contributed by atoms with Gasteiger partial charge in [-0.15, -0.1) is 0 Å². The molecule has 0 saturated heterocycles. The summed E-state index contributed by atoms with van der Waals surface area (Å²) in [5, 5.41) is 17.9. The number of hydrogen-bond acceptors (Lipinski definition) is 6. The number of nitrogens with zero attached hydrogens (tertiary/aromatic N) is 1. The highest BCUT2D eigenvalue weighted by Crippen LogP contribution is 2.27. The molecule has 0 aliphatic rings. The van der Waals surface area contributed by atoms with Gasteiger partial charge in [0.2, 0.25) is 0 Å². The second kappa shape index (κ2) is 5.83. The fourth-order valence-corrected chi connectivity index (χ4v) is 2.50. The topological polar surface area (TPSA) is 127 Å². The van der Waals surface area contributed by atoms with Crippen molar-refractivity contribution >= 4 is 40.5 Å². The average Bonchev–Trinajstić information content (AvgIpc) is 2.75. The highest BCUT2D eigenvalue weighted by Gasteiger charge is 2.22. The minimum Gasteiger partial charge on any atom is -0.481 e. The van der Waals surface area contributed by atoms with Gasteiger partial charge in [-0.25, -0.2) is 4.98 Å². The van der Waals surface area contributed by atoms with E-state index in [1.165, 1.54) is 0 Å². The molecular weight excluding hydrogens is 284 g/mol. The minimum atomic E-state index is -1.15. The zero-order valence-electron chi connectivity index (χ0n) is 10.3. The molecular formula is C12H12N2O5S. The Morgan fingerprint density at radius 1 is 1.40 bits per heavy atom. The maximum atomic E-state index is 10.9. The number of fused-ring (bicyclic) bond motifs is 1. The van der Waals surface area contributed by atoms with Gasteiger partial charge < -0.3 is 20.4 Å². The molecule has 0 fully saturated rings. The first-order valence-corrected chi connectivity index (χ1v) is 6.67. The molecule has 0 spiro atoms. The number of benzene rings is 1. The molecule has 1 aromatic heterocycles. The molecule has 20 heavy (non-hydrogen) atoms. The predicted octanol–water partition coefficient (Wildman–Crippen LogP) is 1.68. The Balaban J connectivity index is 2.07. The van der Waals surface area contributed by atoms with E-state index in [-0.39, 0.29) is 5.75 Å². The third-order valence-corrected chi connectivity index (χ3v) is 3.56. The molecule has 7 nitrogen and oxygen atoms in total. The van der Waals surface area contributed by atoms with E-state index in [1.807, 2.05) is 0 Å². The Bertz CT molecular complexity index is 654. The van der Waals surface area contributed by atoms with E-state index in [4.69, 9.17) is 20.4 Å². The van der Waals surface area contributed by atoms with Crippen LogP contribution in [0.1, 0.15) is 6.42 Å². The number of carboxylic acids is 2. The summed E-state index contributed by atoms with van der Waals surface area (Å²) in [6, 6.07) is 5.01. The molecule has 2 aromatic rings. The van der Waals surface area contributed by atoms with E-state index in [1.54, 1.807) is 18.2 Å². The minimum absolute atomic E-state index is 0.0734. The molecule has 0 amide bonds. The van der Waals surface area contributed by atoms with Crippen LogP contribution in [-0.4, -0.2) is 32.9 Å². The van der Waals surface area contributed by atoms with Crippen molar-refractivity contribution in [2.75, 3.05) is 11.5 Å². The number of carbonyl (C=O) groups is 2. The molecule has 0 bridgehead atoms. The Morgan fingerprint density at radius 2 is 2.15 bits per heavy atom. The fraction of sp³-hybridized carbons (Fsp3) is 0.250. The SMILES string of the molecule is Nc1ccc2nc(SCC(CC(=O)O)C(=O)O)oc2c1. The van der Waals surface area contributed by atoms with Crippen molar-refractivity contribution < 1.29 is 24.2 Å². The van der Waals surface area contributed by atoms with Gasteiger partial charge in [0.25, 0.3) is 5.22 Å². The molecule has 0 radical (unpaired) electrons. The van der Waals surface area contributed by atoms with Gasteiger partial charge in [-0.05, 0) is 12.1 Å². The lowest BCUT2D eigenvalue weighted by Crippen LogP contribution is -2.20. The molecule has 8 heteroatoms. The summed E-state index contributed by atoms with van der Waals surface area (Å²) in [7, 11) is 0.